The fourth-order valence-corrected chi connectivity index (χ4v) is 1.92. The summed E-state index contributed by atoms with van der Waals surface area (Å²) in [5.41, 5.74) is 2.11. The molecule has 0 aliphatic carbocycles. The van der Waals surface area contributed by atoms with Crippen molar-refractivity contribution in [1.29, 1.82) is 0 Å². The number of amides is 1. The van der Waals surface area contributed by atoms with Gasteiger partial charge in [0.15, 0.2) is 0 Å². The van der Waals surface area contributed by atoms with Gasteiger partial charge in [0, 0.05) is 18.3 Å². The summed E-state index contributed by atoms with van der Waals surface area (Å²) in [7, 11) is 0. The van der Waals surface area contributed by atoms with Gasteiger partial charge < -0.3 is 5.11 Å². The van der Waals surface area contributed by atoms with Gasteiger partial charge in [-0.1, -0.05) is 13.8 Å². The number of thioether (sulfide) groups is 1. The minimum Gasteiger partial charge on any atom is -0.396 e. The van der Waals surface area contributed by atoms with Crippen LogP contribution in [0.5, 0.6) is 0 Å². The van der Waals surface area contributed by atoms with Crippen LogP contribution in [0, 0.1) is 5.92 Å². The third-order valence-electron chi connectivity index (χ3n) is 1.92. The highest BCUT2D eigenvalue weighted by Crippen LogP contribution is 2.18. The average molecular weight is 220 g/mol. The Kier molecular flexibility index (Phi) is 7.93. The van der Waals surface area contributed by atoms with E-state index in [0.717, 1.165) is 12.2 Å². The van der Waals surface area contributed by atoms with Gasteiger partial charge in [-0.15, -0.1) is 0 Å². The van der Waals surface area contributed by atoms with E-state index in [4.69, 9.17) is 10.9 Å². The minimum absolute atomic E-state index is 0.118. The maximum Gasteiger partial charge on any atom is 0.233 e. The van der Waals surface area contributed by atoms with Crippen LogP contribution in [-0.4, -0.2) is 28.6 Å². The van der Waals surface area contributed by atoms with Crippen molar-refractivity contribution in [3.8, 4) is 0 Å². The van der Waals surface area contributed by atoms with Crippen molar-refractivity contribution in [2.24, 2.45) is 11.8 Å². The monoisotopic (exact) mass is 220 g/mol. The first-order chi connectivity index (χ1) is 6.60. The average Bonchev–Trinajstić information content (AvgIpc) is 2.22. The zero-order valence-electron chi connectivity index (χ0n) is 8.82. The molecule has 0 fully saturated rings. The Morgan fingerprint density at radius 2 is 2.21 bits per heavy atom. The number of nitrogens with two attached hydrogens (primary N) is 1. The molecule has 0 heterocycles. The minimum atomic E-state index is -0.118. The van der Waals surface area contributed by atoms with Crippen LogP contribution in [0.25, 0.3) is 0 Å². The number of carbonyl (C=O) groups excluding carboxylic acids is 1. The van der Waals surface area contributed by atoms with E-state index in [-0.39, 0.29) is 12.5 Å². The third-order valence-corrected chi connectivity index (χ3v) is 3.48. The SMILES string of the molecule is CC(CO)CSC(C)CCC(=O)NN. The molecule has 0 saturated carbocycles. The molecule has 4 N–H and O–H groups in total. The molecule has 0 saturated heterocycles. The first kappa shape index (κ1) is 13.7. The van der Waals surface area contributed by atoms with E-state index < -0.39 is 0 Å². The Morgan fingerprint density at radius 1 is 1.57 bits per heavy atom. The molecule has 0 spiro atoms. The summed E-state index contributed by atoms with van der Waals surface area (Å²) in [6, 6.07) is 0. The second-order valence-corrected chi connectivity index (χ2v) is 5.01. The van der Waals surface area contributed by atoms with Crippen molar-refractivity contribution in [2.45, 2.75) is 31.9 Å². The van der Waals surface area contributed by atoms with E-state index in [1.165, 1.54) is 0 Å². The fraction of sp³-hybridized carbons (Fsp3) is 0.889. The Morgan fingerprint density at radius 3 is 2.71 bits per heavy atom. The lowest BCUT2D eigenvalue weighted by molar-refractivity contribution is -0.121. The molecule has 84 valence electrons. The second-order valence-electron chi connectivity index (χ2n) is 3.54. The number of hydrazine groups is 1. The molecular weight excluding hydrogens is 200 g/mol. The number of aliphatic hydroxyl groups is 1. The predicted octanol–water partition coefficient (Wildman–Crippen LogP) is 0.507. The molecule has 0 bridgehead atoms. The lowest BCUT2D eigenvalue weighted by Gasteiger charge is -2.13. The van der Waals surface area contributed by atoms with Gasteiger partial charge in [0.2, 0.25) is 5.91 Å². The van der Waals surface area contributed by atoms with Gasteiger partial charge in [0.05, 0.1) is 0 Å². The van der Waals surface area contributed by atoms with Crippen molar-refractivity contribution in [1.82, 2.24) is 5.43 Å². The predicted molar refractivity (Wildman–Crippen MR) is 59.7 cm³/mol. The van der Waals surface area contributed by atoms with Crippen molar-refractivity contribution >= 4 is 17.7 Å². The smallest absolute Gasteiger partial charge is 0.233 e. The molecule has 0 aliphatic heterocycles. The zero-order valence-corrected chi connectivity index (χ0v) is 9.64. The van der Waals surface area contributed by atoms with Crippen molar-refractivity contribution in [2.75, 3.05) is 12.4 Å². The zero-order chi connectivity index (χ0) is 11.0. The summed E-state index contributed by atoms with van der Waals surface area (Å²) in [4.78, 5) is 10.8. The van der Waals surface area contributed by atoms with Crippen LogP contribution >= 0.6 is 11.8 Å². The van der Waals surface area contributed by atoms with E-state index in [2.05, 4.69) is 12.3 Å². The molecule has 4 nitrogen and oxygen atoms in total. The lowest BCUT2D eigenvalue weighted by Crippen LogP contribution is -2.30. The Balaban J connectivity index is 3.45. The number of hydrogen-bond donors (Lipinski definition) is 3. The molecule has 1 amide bonds. The number of carbonyl (C=O) groups is 1. The summed E-state index contributed by atoms with van der Waals surface area (Å²) in [6.07, 6.45) is 1.30. The maximum atomic E-state index is 10.8. The van der Waals surface area contributed by atoms with Gasteiger partial charge in [0.25, 0.3) is 0 Å². The molecule has 14 heavy (non-hydrogen) atoms. The van der Waals surface area contributed by atoms with E-state index in [9.17, 15) is 4.79 Å². The van der Waals surface area contributed by atoms with E-state index in [1.54, 1.807) is 11.8 Å². The molecule has 5 heteroatoms. The highest BCUT2D eigenvalue weighted by molar-refractivity contribution is 7.99. The van der Waals surface area contributed by atoms with Crippen molar-refractivity contribution in [3.05, 3.63) is 0 Å². The van der Waals surface area contributed by atoms with Gasteiger partial charge >= 0.3 is 0 Å². The number of aliphatic hydroxyl groups excluding tert-OH is 1. The molecule has 2 unspecified atom stereocenters. The largest absolute Gasteiger partial charge is 0.396 e. The molecule has 0 aromatic carbocycles. The first-order valence-corrected chi connectivity index (χ1v) is 5.87. The van der Waals surface area contributed by atoms with Crippen LogP contribution in [0.3, 0.4) is 0 Å². The van der Waals surface area contributed by atoms with Gasteiger partial charge in [0.1, 0.15) is 0 Å². The lowest BCUT2D eigenvalue weighted by atomic mass is 10.2. The fourth-order valence-electron chi connectivity index (χ4n) is 0.871. The summed E-state index contributed by atoms with van der Waals surface area (Å²) in [5, 5.41) is 9.24. The molecular formula is C9H20N2O2S. The summed E-state index contributed by atoms with van der Waals surface area (Å²) in [5.74, 6) is 6.10. The van der Waals surface area contributed by atoms with Gasteiger partial charge in [-0.2, -0.15) is 11.8 Å². The Hall–Kier alpha value is -0.260. The van der Waals surface area contributed by atoms with Gasteiger partial charge in [-0.3, -0.25) is 10.2 Å². The number of nitrogens with one attached hydrogen (secondary N) is 1. The second kappa shape index (κ2) is 8.08. The summed E-state index contributed by atoms with van der Waals surface area (Å²) in [6.45, 7) is 4.31. The van der Waals surface area contributed by atoms with Crippen LogP contribution in [-0.2, 0) is 4.79 Å². The normalized spacial score (nSPS) is 14.9. The number of hydrogen-bond acceptors (Lipinski definition) is 4. The van der Waals surface area contributed by atoms with Crippen molar-refractivity contribution < 1.29 is 9.90 Å². The van der Waals surface area contributed by atoms with Crippen molar-refractivity contribution in [3.63, 3.8) is 0 Å². The van der Waals surface area contributed by atoms with Crippen LogP contribution in [0.1, 0.15) is 26.7 Å². The highest BCUT2D eigenvalue weighted by atomic mass is 32.2. The molecule has 2 atom stereocenters. The number of rotatable bonds is 7. The van der Waals surface area contributed by atoms with Crippen LogP contribution in [0.15, 0.2) is 0 Å². The van der Waals surface area contributed by atoms with E-state index >= 15 is 0 Å². The Labute approximate surface area is 89.6 Å². The topological polar surface area (TPSA) is 75.3 Å². The van der Waals surface area contributed by atoms with E-state index in [0.29, 0.717) is 17.6 Å². The third kappa shape index (κ3) is 7.17. The highest BCUT2D eigenvalue weighted by Gasteiger charge is 2.08. The van der Waals surface area contributed by atoms with Gasteiger partial charge in [-0.05, 0) is 18.1 Å². The van der Waals surface area contributed by atoms with Gasteiger partial charge in [-0.25, -0.2) is 5.84 Å². The quantitative estimate of drug-likeness (QED) is 0.332. The van der Waals surface area contributed by atoms with Crippen LogP contribution in [0.2, 0.25) is 0 Å². The summed E-state index contributed by atoms with van der Waals surface area (Å²) >= 11 is 1.78. The molecule has 0 rings (SSSR count). The van der Waals surface area contributed by atoms with E-state index in [1.807, 2.05) is 6.92 Å². The summed E-state index contributed by atoms with van der Waals surface area (Å²) < 4.78 is 0. The molecule has 0 radical (unpaired) electrons. The molecule has 0 aromatic heterocycles. The first-order valence-electron chi connectivity index (χ1n) is 4.82. The standard InChI is InChI=1S/C9H20N2O2S/c1-7(5-12)6-14-8(2)3-4-9(13)11-10/h7-8,12H,3-6,10H2,1-2H3,(H,11,13). The molecule has 0 aliphatic rings. The molecule has 0 aromatic rings. The van der Waals surface area contributed by atoms with Crippen LogP contribution in [0.4, 0.5) is 0 Å². The van der Waals surface area contributed by atoms with Crippen LogP contribution < -0.4 is 11.3 Å². The maximum absolute atomic E-state index is 10.8. The Bertz CT molecular complexity index is 167.